The first-order valence-electron chi connectivity index (χ1n) is 9.48. The Bertz CT molecular complexity index is 958. The number of methoxy groups -OCH3 is 1. The number of benzene rings is 2. The number of esters is 1. The Morgan fingerprint density at radius 3 is 2.62 bits per heavy atom. The lowest BCUT2D eigenvalue weighted by molar-refractivity contribution is -0.145. The van der Waals surface area contributed by atoms with Gasteiger partial charge in [-0.3, -0.25) is 4.79 Å². The zero-order valence-corrected chi connectivity index (χ0v) is 16.0. The van der Waals surface area contributed by atoms with Gasteiger partial charge in [0.1, 0.15) is 11.7 Å². The van der Waals surface area contributed by atoms with Gasteiger partial charge in [0, 0.05) is 19.3 Å². The van der Waals surface area contributed by atoms with Crippen LogP contribution in [0.25, 0.3) is 0 Å². The first-order chi connectivity index (χ1) is 14.0. The van der Waals surface area contributed by atoms with Crippen LogP contribution < -0.4 is 10.6 Å². The van der Waals surface area contributed by atoms with Gasteiger partial charge in [0.25, 0.3) is 0 Å². The molecule has 0 bridgehead atoms. The number of hydrogen-bond donors (Lipinski definition) is 2. The zero-order chi connectivity index (χ0) is 20.4. The first-order valence-corrected chi connectivity index (χ1v) is 9.48. The lowest BCUT2D eigenvalue weighted by Crippen LogP contribution is -2.51. The monoisotopic (exact) mass is 395 g/mol. The van der Waals surface area contributed by atoms with E-state index in [1.807, 2.05) is 18.3 Å². The van der Waals surface area contributed by atoms with Gasteiger partial charge in [-0.1, -0.05) is 36.4 Å². The van der Waals surface area contributed by atoms with Crippen LogP contribution in [-0.4, -0.2) is 30.6 Å². The molecule has 2 heterocycles. The third-order valence-electron chi connectivity index (χ3n) is 5.38. The average molecular weight is 395 g/mol. The Labute approximate surface area is 168 Å². The van der Waals surface area contributed by atoms with Gasteiger partial charge in [0.05, 0.1) is 18.8 Å². The highest BCUT2D eigenvalue weighted by atomic mass is 19.1. The molecule has 4 rings (SSSR count). The standard InChI is InChI=1S/C22H22FN3O3/c1-29-21(27)19-18(13-26-11-10-14-4-2-3-5-16(14)12-26)24-22(28)25-20(19)15-6-8-17(23)9-7-15/h2-9,13,19-20H,10-12H2,1H3,(H2,24,25,28)/b18-13+/t19-,20+/m1/s1. The molecule has 7 heteroatoms. The molecule has 150 valence electrons. The molecule has 2 aromatic carbocycles. The molecular formula is C22H22FN3O3. The summed E-state index contributed by atoms with van der Waals surface area (Å²) >= 11 is 0. The van der Waals surface area contributed by atoms with Gasteiger partial charge < -0.3 is 20.3 Å². The summed E-state index contributed by atoms with van der Waals surface area (Å²) in [6, 6.07) is 12.9. The molecule has 2 aliphatic rings. The number of rotatable bonds is 3. The van der Waals surface area contributed by atoms with Gasteiger partial charge in [-0.25, -0.2) is 9.18 Å². The fourth-order valence-corrected chi connectivity index (χ4v) is 3.92. The van der Waals surface area contributed by atoms with Crippen molar-refractivity contribution in [3.63, 3.8) is 0 Å². The van der Waals surface area contributed by atoms with Gasteiger partial charge in [0.2, 0.25) is 0 Å². The molecule has 0 aromatic heterocycles. The number of carbonyl (C=O) groups excluding carboxylic acids is 2. The van der Waals surface area contributed by atoms with Crippen molar-refractivity contribution in [3.05, 3.63) is 82.9 Å². The molecule has 29 heavy (non-hydrogen) atoms. The molecule has 2 amide bonds. The third kappa shape index (κ3) is 3.94. The molecule has 0 saturated carbocycles. The van der Waals surface area contributed by atoms with E-state index in [0.29, 0.717) is 17.8 Å². The molecule has 2 aromatic rings. The molecule has 2 N–H and O–H groups in total. The van der Waals surface area contributed by atoms with Crippen molar-refractivity contribution in [2.45, 2.75) is 19.0 Å². The van der Waals surface area contributed by atoms with Crippen LogP contribution >= 0.6 is 0 Å². The molecule has 2 atom stereocenters. The predicted molar refractivity (Wildman–Crippen MR) is 105 cm³/mol. The Morgan fingerprint density at radius 2 is 1.90 bits per heavy atom. The first kappa shape index (κ1) is 19.0. The molecule has 0 spiro atoms. The molecular weight excluding hydrogens is 373 g/mol. The second kappa shape index (κ2) is 7.95. The maximum Gasteiger partial charge on any atom is 0.319 e. The van der Waals surface area contributed by atoms with Crippen LogP contribution in [0, 0.1) is 11.7 Å². The van der Waals surface area contributed by atoms with Crippen molar-refractivity contribution in [2.24, 2.45) is 5.92 Å². The van der Waals surface area contributed by atoms with Crippen molar-refractivity contribution >= 4 is 12.0 Å². The minimum absolute atomic E-state index is 0.383. The number of urea groups is 1. The van der Waals surface area contributed by atoms with Crippen LogP contribution in [0.3, 0.4) is 0 Å². The normalized spacial score (nSPS) is 22.5. The van der Waals surface area contributed by atoms with Crippen molar-refractivity contribution in [1.82, 2.24) is 15.5 Å². The van der Waals surface area contributed by atoms with Crippen LogP contribution in [-0.2, 0) is 22.5 Å². The minimum Gasteiger partial charge on any atom is -0.468 e. The zero-order valence-electron chi connectivity index (χ0n) is 16.0. The molecule has 1 fully saturated rings. The Kier molecular flexibility index (Phi) is 5.20. The number of ether oxygens (including phenoxy) is 1. The van der Waals surface area contributed by atoms with Crippen molar-refractivity contribution < 1.29 is 18.7 Å². The molecule has 0 unspecified atom stereocenters. The summed E-state index contributed by atoms with van der Waals surface area (Å²) in [6.45, 7) is 1.47. The molecule has 6 nitrogen and oxygen atoms in total. The molecule has 2 aliphatic heterocycles. The van der Waals surface area contributed by atoms with Gasteiger partial charge in [0.15, 0.2) is 0 Å². The van der Waals surface area contributed by atoms with Crippen LogP contribution in [0.2, 0.25) is 0 Å². The number of halogens is 1. The molecule has 1 saturated heterocycles. The number of carbonyl (C=O) groups is 2. The van der Waals surface area contributed by atoms with Crippen LogP contribution in [0.4, 0.5) is 9.18 Å². The van der Waals surface area contributed by atoms with Crippen LogP contribution in [0.1, 0.15) is 22.7 Å². The van der Waals surface area contributed by atoms with Crippen LogP contribution in [0.5, 0.6) is 0 Å². The lowest BCUT2D eigenvalue weighted by atomic mass is 9.88. The van der Waals surface area contributed by atoms with Crippen molar-refractivity contribution in [1.29, 1.82) is 0 Å². The van der Waals surface area contributed by atoms with E-state index in [0.717, 1.165) is 13.0 Å². The Morgan fingerprint density at radius 1 is 1.17 bits per heavy atom. The largest absolute Gasteiger partial charge is 0.468 e. The maximum absolute atomic E-state index is 13.4. The summed E-state index contributed by atoms with van der Waals surface area (Å²) in [7, 11) is 1.31. The summed E-state index contributed by atoms with van der Waals surface area (Å²) in [5.41, 5.74) is 3.63. The van der Waals surface area contributed by atoms with Gasteiger partial charge in [-0.15, -0.1) is 0 Å². The summed E-state index contributed by atoms with van der Waals surface area (Å²) in [5.74, 6) is -1.62. The smallest absolute Gasteiger partial charge is 0.319 e. The summed E-state index contributed by atoms with van der Waals surface area (Å²) < 4.78 is 18.4. The number of hydrogen-bond acceptors (Lipinski definition) is 4. The van der Waals surface area contributed by atoms with E-state index in [1.54, 1.807) is 12.1 Å². The summed E-state index contributed by atoms with van der Waals surface area (Å²) in [6.07, 6.45) is 2.71. The van der Waals surface area contributed by atoms with Gasteiger partial charge >= 0.3 is 12.0 Å². The SMILES string of the molecule is COC(=O)[C@@H]1/C(=C\N2CCc3ccccc3C2)NC(=O)N[C@H]1c1ccc(F)cc1. The number of nitrogens with one attached hydrogen (secondary N) is 2. The van der Waals surface area contributed by atoms with Crippen LogP contribution in [0.15, 0.2) is 60.4 Å². The van der Waals surface area contributed by atoms with E-state index in [-0.39, 0.29) is 5.82 Å². The fourth-order valence-electron chi connectivity index (χ4n) is 3.92. The number of nitrogens with zero attached hydrogens (tertiary/aromatic N) is 1. The predicted octanol–water partition coefficient (Wildman–Crippen LogP) is 2.87. The highest BCUT2D eigenvalue weighted by molar-refractivity contribution is 5.85. The highest BCUT2D eigenvalue weighted by Gasteiger charge is 2.40. The maximum atomic E-state index is 13.4. The van der Waals surface area contributed by atoms with E-state index >= 15 is 0 Å². The van der Waals surface area contributed by atoms with Crippen molar-refractivity contribution in [3.8, 4) is 0 Å². The Hall–Kier alpha value is -3.35. The molecule has 0 aliphatic carbocycles. The topological polar surface area (TPSA) is 70.7 Å². The van der Waals surface area contributed by atoms with E-state index < -0.39 is 24.0 Å². The van der Waals surface area contributed by atoms with E-state index in [4.69, 9.17) is 4.74 Å². The summed E-state index contributed by atoms with van der Waals surface area (Å²) in [4.78, 5) is 27.0. The van der Waals surface area contributed by atoms with Crippen molar-refractivity contribution in [2.75, 3.05) is 13.7 Å². The van der Waals surface area contributed by atoms with E-state index in [1.165, 1.54) is 30.4 Å². The summed E-state index contributed by atoms with van der Waals surface area (Å²) in [5, 5.41) is 5.53. The number of fused-ring (bicyclic) bond motifs is 1. The van der Waals surface area contributed by atoms with Gasteiger partial charge in [-0.05, 0) is 35.2 Å². The highest BCUT2D eigenvalue weighted by Crippen LogP contribution is 2.32. The lowest BCUT2D eigenvalue weighted by Gasteiger charge is -2.35. The van der Waals surface area contributed by atoms with Gasteiger partial charge in [-0.2, -0.15) is 0 Å². The number of amides is 2. The van der Waals surface area contributed by atoms with E-state index in [2.05, 4.69) is 27.7 Å². The quantitative estimate of drug-likeness (QED) is 0.784. The fraction of sp³-hybridized carbons (Fsp3) is 0.273. The average Bonchev–Trinajstić information content (AvgIpc) is 2.73. The van der Waals surface area contributed by atoms with E-state index in [9.17, 15) is 14.0 Å². The second-order valence-electron chi connectivity index (χ2n) is 7.20. The second-order valence-corrected chi connectivity index (χ2v) is 7.20. The molecule has 0 radical (unpaired) electrons. The minimum atomic E-state index is -0.764. The Balaban J connectivity index is 1.67. The third-order valence-corrected chi connectivity index (χ3v) is 5.38.